The Hall–Kier alpha value is -2.08. The molecule has 6 heteroatoms. The number of anilines is 1. The first-order valence-electron chi connectivity index (χ1n) is 8.52. The molecule has 2 fully saturated rings. The van der Waals surface area contributed by atoms with Crippen LogP contribution in [0, 0.1) is 11.3 Å². The topological polar surface area (TPSA) is 78.9 Å². The molecule has 24 heavy (non-hydrogen) atoms. The smallest absolute Gasteiger partial charge is 0.311 e. The van der Waals surface area contributed by atoms with Gasteiger partial charge in [-0.15, -0.1) is 0 Å². The first-order valence-corrected chi connectivity index (χ1v) is 8.52. The number of hydrogen-bond acceptors (Lipinski definition) is 4. The predicted molar refractivity (Wildman–Crippen MR) is 90.1 cm³/mol. The summed E-state index contributed by atoms with van der Waals surface area (Å²) in [5.74, 6) is 0.124. The molecule has 1 saturated carbocycles. The quantitative estimate of drug-likeness (QED) is 0.835. The SMILES string of the molecule is CCOc1ccc(NC(=O)CN2C[C@@H]3CCC[C@@]3(C(=O)O)C2)cc1. The lowest BCUT2D eigenvalue weighted by Gasteiger charge is -2.23. The van der Waals surface area contributed by atoms with Gasteiger partial charge in [-0.1, -0.05) is 6.42 Å². The third kappa shape index (κ3) is 3.24. The molecule has 0 aromatic heterocycles. The number of rotatable bonds is 6. The van der Waals surface area contributed by atoms with Gasteiger partial charge >= 0.3 is 5.97 Å². The maximum atomic E-state index is 12.2. The number of carboxylic acid groups (broad SMARTS) is 1. The number of benzene rings is 1. The van der Waals surface area contributed by atoms with Crippen LogP contribution in [0.5, 0.6) is 5.75 Å². The maximum Gasteiger partial charge on any atom is 0.311 e. The lowest BCUT2D eigenvalue weighted by atomic mass is 9.81. The predicted octanol–water partition coefficient (Wildman–Crippen LogP) is 2.21. The van der Waals surface area contributed by atoms with Crippen molar-refractivity contribution in [3.63, 3.8) is 0 Å². The van der Waals surface area contributed by atoms with Crippen LogP contribution in [0.2, 0.25) is 0 Å². The van der Waals surface area contributed by atoms with E-state index in [2.05, 4.69) is 5.32 Å². The van der Waals surface area contributed by atoms with Gasteiger partial charge in [0.05, 0.1) is 18.6 Å². The van der Waals surface area contributed by atoms with E-state index in [-0.39, 0.29) is 18.4 Å². The number of ether oxygens (including phenoxy) is 1. The van der Waals surface area contributed by atoms with Crippen molar-refractivity contribution in [2.24, 2.45) is 11.3 Å². The zero-order chi connectivity index (χ0) is 17.2. The Bertz CT molecular complexity index is 616. The summed E-state index contributed by atoms with van der Waals surface area (Å²) in [7, 11) is 0. The number of carbonyl (C=O) groups is 2. The third-order valence-electron chi connectivity index (χ3n) is 5.18. The van der Waals surface area contributed by atoms with Crippen molar-refractivity contribution in [1.29, 1.82) is 0 Å². The largest absolute Gasteiger partial charge is 0.494 e. The van der Waals surface area contributed by atoms with E-state index in [4.69, 9.17) is 4.74 Å². The van der Waals surface area contributed by atoms with Crippen molar-refractivity contribution in [2.45, 2.75) is 26.2 Å². The van der Waals surface area contributed by atoms with E-state index in [0.29, 0.717) is 19.7 Å². The minimum absolute atomic E-state index is 0.111. The fourth-order valence-corrected chi connectivity index (χ4v) is 4.07. The Balaban J connectivity index is 1.55. The minimum Gasteiger partial charge on any atom is -0.494 e. The van der Waals surface area contributed by atoms with E-state index in [0.717, 1.165) is 30.7 Å². The van der Waals surface area contributed by atoms with Gasteiger partial charge in [0.25, 0.3) is 0 Å². The molecule has 130 valence electrons. The monoisotopic (exact) mass is 332 g/mol. The molecular formula is C18H24N2O4. The molecule has 2 atom stereocenters. The van der Waals surface area contributed by atoms with Crippen LogP contribution in [-0.2, 0) is 9.59 Å². The van der Waals surface area contributed by atoms with Gasteiger partial charge in [0, 0.05) is 18.8 Å². The summed E-state index contributed by atoms with van der Waals surface area (Å²) in [5, 5.41) is 12.5. The molecule has 1 aromatic rings. The number of carboxylic acids is 1. The summed E-state index contributed by atoms with van der Waals surface area (Å²) >= 11 is 0. The number of carbonyl (C=O) groups excluding carboxylic acids is 1. The van der Waals surface area contributed by atoms with E-state index in [1.165, 1.54) is 0 Å². The average molecular weight is 332 g/mol. The summed E-state index contributed by atoms with van der Waals surface area (Å²) in [6.07, 6.45) is 2.65. The van der Waals surface area contributed by atoms with Crippen molar-refractivity contribution < 1.29 is 19.4 Å². The van der Waals surface area contributed by atoms with Crippen molar-refractivity contribution in [3.8, 4) is 5.75 Å². The molecule has 1 saturated heterocycles. The second-order valence-corrected chi connectivity index (χ2v) is 6.73. The molecule has 0 unspecified atom stereocenters. The lowest BCUT2D eigenvalue weighted by Crippen LogP contribution is -2.37. The van der Waals surface area contributed by atoms with Gasteiger partial charge in [-0.2, -0.15) is 0 Å². The summed E-state index contributed by atoms with van der Waals surface area (Å²) in [4.78, 5) is 25.9. The van der Waals surface area contributed by atoms with Crippen LogP contribution in [-0.4, -0.2) is 48.1 Å². The highest BCUT2D eigenvalue weighted by atomic mass is 16.5. The normalized spacial score (nSPS) is 26.1. The highest BCUT2D eigenvalue weighted by Gasteiger charge is 2.54. The van der Waals surface area contributed by atoms with Gasteiger partial charge in [0.15, 0.2) is 0 Å². The number of aliphatic carboxylic acids is 1. The lowest BCUT2D eigenvalue weighted by molar-refractivity contribution is -0.149. The van der Waals surface area contributed by atoms with E-state index in [1.807, 2.05) is 24.0 Å². The van der Waals surface area contributed by atoms with Crippen LogP contribution < -0.4 is 10.1 Å². The second kappa shape index (κ2) is 6.81. The zero-order valence-electron chi connectivity index (χ0n) is 14.0. The van der Waals surface area contributed by atoms with Crippen LogP contribution in [0.4, 0.5) is 5.69 Å². The van der Waals surface area contributed by atoms with Crippen LogP contribution in [0.3, 0.4) is 0 Å². The fraction of sp³-hybridized carbons (Fsp3) is 0.556. The number of fused-ring (bicyclic) bond motifs is 1. The van der Waals surface area contributed by atoms with Gasteiger partial charge in [-0.3, -0.25) is 14.5 Å². The molecule has 1 aliphatic heterocycles. The zero-order valence-corrected chi connectivity index (χ0v) is 14.0. The standard InChI is InChI=1S/C18H24N2O4/c1-2-24-15-7-5-14(6-8-15)19-16(21)11-20-10-13-4-3-9-18(13,12-20)17(22)23/h5-8,13H,2-4,9-12H2,1H3,(H,19,21)(H,22,23)/t13-,18+/m0/s1. The summed E-state index contributed by atoms with van der Waals surface area (Å²) in [6.45, 7) is 3.93. The molecule has 1 amide bonds. The highest BCUT2D eigenvalue weighted by molar-refractivity contribution is 5.92. The molecule has 1 heterocycles. The van der Waals surface area contributed by atoms with Crippen LogP contribution in [0.25, 0.3) is 0 Å². The Morgan fingerprint density at radius 1 is 1.38 bits per heavy atom. The molecular weight excluding hydrogens is 308 g/mol. The van der Waals surface area contributed by atoms with E-state index in [1.54, 1.807) is 12.1 Å². The Morgan fingerprint density at radius 2 is 2.12 bits per heavy atom. The van der Waals surface area contributed by atoms with Crippen molar-refractivity contribution in [2.75, 3.05) is 31.6 Å². The van der Waals surface area contributed by atoms with Crippen LogP contribution >= 0.6 is 0 Å². The van der Waals surface area contributed by atoms with E-state index >= 15 is 0 Å². The van der Waals surface area contributed by atoms with Crippen LogP contribution in [0.1, 0.15) is 26.2 Å². The summed E-state index contributed by atoms with van der Waals surface area (Å²) in [5.41, 5.74) is 0.0789. The Morgan fingerprint density at radius 3 is 2.75 bits per heavy atom. The van der Waals surface area contributed by atoms with E-state index < -0.39 is 11.4 Å². The average Bonchev–Trinajstić information content (AvgIpc) is 3.07. The third-order valence-corrected chi connectivity index (χ3v) is 5.18. The first kappa shape index (κ1) is 16.8. The van der Waals surface area contributed by atoms with Gasteiger partial charge in [-0.05, 0) is 49.9 Å². The molecule has 6 nitrogen and oxygen atoms in total. The minimum atomic E-state index is -0.709. The number of amides is 1. The molecule has 1 aliphatic carbocycles. The Labute approximate surface area is 141 Å². The van der Waals surface area contributed by atoms with Crippen molar-refractivity contribution in [3.05, 3.63) is 24.3 Å². The molecule has 2 aliphatic rings. The van der Waals surface area contributed by atoms with Crippen LogP contribution in [0.15, 0.2) is 24.3 Å². The maximum absolute atomic E-state index is 12.2. The van der Waals surface area contributed by atoms with Crippen molar-refractivity contribution >= 4 is 17.6 Å². The summed E-state index contributed by atoms with van der Waals surface area (Å²) in [6, 6.07) is 7.25. The van der Waals surface area contributed by atoms with Crippen molar-refractivity contribution in [1.82, 2.24) is 4.90 Å². The van der Waals surface area contributed by atoms with Gasteiger partial charge in [-0.25, -0.2) is 0 Å². The molecule has 0 bridgehead atoms. The molecule has 0 radical (unpaired) electrons. The number of hydrogen-bond donors (Lipinski definition) is 2. The fourth-order valence-electron chi connectivity index (χ4n) is 4.07. The van der Waals surface area contributed by atoms with Gasteiger partial charge in [0.1, 0.15) is 5.75 Å². The summed E-state index contributed by atoms with van der Waals surface area (Å²) < 4.78 is 5.37. The molecule has 3 rings (SSSR count). The van der Waals surface area contributed by atoms with E-state index in [9.17, 15) is 14.7 Å². The van der Waals surface area contributed by atoms with Gasteiger partial charge < -0.3 is 15.2 Å². The number of likely N-dealkylation sites (tertiary alicyclic amines) is 1. The first-order chi connectivity index (χ1) is 11.5. The number of nitrogens with zero attached hydrogens (tertiary/aromatic N) is 1. The molecule has 0 spiro atoms. The second-order valence-electron chi connectivity index (χ2n) is 6.73. The molecule has 2 N–H and O–H groups in total. The van der Waals surface area contributed by atoms with Gasteiger partial charge in [0.2, 0.25) is 5.91 Å². The molecule has 1 aromatic carbocycles. The number of nitrogens with one attached hydrogen (secondary N) is 1. The highest BCUT2D eigenvalue weighted by Crippen LogP contribution is 2.48. The Kier molecular flexibility index (Phi) is 4.76.